The standard InChI is InChI=1S/C30H27F6N5O3/c31-29(32,33)14-12-20(25(37)42)21(13-15-30(34,35)36)27(43)40-26-28(44)41(19-9-6-16-38-17-19)23-11-5-4-10-22(23)24(39-26)18-7-2-1-3-8-18/h1-11,16-17,20-21,26H,12-15H2,(H2,37,42)(H,40,43)/t20-,21+,26+/m0/s1. The van der Waals surface area contributed by atoms with Gasteiger partial charge in [-0.3, -0.25) is 24.3 Å². The Morgan fingerprint density at radius 3 is 2.07 bits per heavy atom. The van der Waals surface area contributed by atoms with Crippen LogP contribution in [0.15, 0.2) is 84.1 Å². The molecule has 0 bridgehead atoms. The van der Waals surface area contributed by atoms with E-state index in [4.69, 9.17) is 5.73 Å². The maximum atomic E-state index is 14.1. The van der Waals surface area contributed by atoms with Gasteiger partial charge in [0.05, 0.1) is 23.3 Å². The zero-order valence-electron chi connectivity index (χ0n) is 23.0. The second kappa shape index (κ2) is 13.3. The molecule has 2 aromatic carbocycles. The summed E-state index contributed by atoms with van der Waals surface area (Å²) in [7, 11) is 0. The summed E-state index contributed by atoms with van der Waals surface area (Å²) >= 11 is 0. The van der Waals surface area contributed by atoms with Crippen molar-refractivity contribution in [2.75, 3.05) is 4.90 Å². The molecule has 1 aliphatic heterocycles. The van der Waals surface area contributed by atoms with Crippen LogP contribution in [0.5, 0.6) is 0 Å². The van der Waals surface area contributed by atoms with Gasteiger partial charge in [-0.2, -0.15) is 26.3 Å². The van der Waals surface area contributed by atoms with Crippen LogP contribution in [0.4, 0.5) is 37.7 Å². The summed E-state index contributed by atoms with van der Waals surface area (Å²) in [5, 5.41) is 2.32. The third kappa shape index (κ3) is 7.99. The lowest BCUT2D eigenvalue weighted by atomic mass is 9.83. The Balaban J connectivity index is 1.80. The fourth-order valence-electron chi connectivity index (χ4n) is 4.97. The number of benzene rings is 2. The van der Waals surface area contributed by atoms with Crippen molar-refractivity contribution in [2.24, 2.45) is 22.6 Å². The van der Waals surface area contributed by atoms with Crippen LogP contribution in [0, 0.1) is 11.8 Å². The second-order valence-corrected chi connectivity index (χ2v) is 10.1. The van der Waals surface area contributed by atoms with Gasteiger partial charge in [-0.05, 0) is 31.0 Å². The van der Waals surface area contributed by atoms with Crippen LogP contribution >= 0.6 is 0 Å². The molecule has 14 heteroatoms. The smallest absolute Gasteiger partial charge is 0.369 e. The van der Waals surface area contributed by atoms with Crippen molar-refractivity contribution >= 4 is 34.8 Å². The number of amides is 3. The highest BCUT2D eigenvalue weighted by Gasteiger charge is 2.41. The maximum Gasteiger partial charge on any atom is 0.389 e. The lowest BCUT2D eigenvalue weighted by Crippen LogP contribution is -2.50. The number of carbonyl (C=O) groups excluding carboxylic acids is 3. The third-order valence-electron chi connectivity index (χ3n) is 7.01. The number of pyridine rings is 1. The van der Waals surface area contributed by atoms with Crippen molar-refractivity contribution in [2.45, 2.75) is 44.2 Å². The monoisotopic (exact) mass is 619 g/mol. The number of nitrogens with one attached hydrogen (secondary N) is 1. The Labute approximate surface area is 248 Å². The van der Waals surface area contributed by atoms with Crippen LogP contribution < -0.4 is 16.0 Å². The van der Waals surface area contributed by atoms with Crippen LogP contribution in [0.2, 0.25) is 0 Å². The van der Waals surface area contributed by atoms with E-state index in [2.05, 4.69) is 15.3 Å². The van der Waals surface area contributed by atoms with E-state index in [0.717, 1.165) is 0 Å². The first-order valence-corrected chi connectivity index (χ1v) is 13.4. The summed E-state index contributed by atoms with van der Waals surface area (Å²) < 4.78 is 78.7. The average Bonchev–Trinajstić information content (AvgIpc) is 3.08. The number of primary amides is 1. The van der Waals surface area contributed by atoms with Crippen molar-refractivity contribution in [3.63, 3.8) is 0 Å². The van der Waals surface area contributed by atoms with Gasteiger partial charge < -0.3 is 11.1 Å². The molecule has 1 aromatic heterocycles. The number of rotatable bonds is 10. The summed E-state index contributed by atoms with van der Waals surface area (Å²) in [6, 6.07) is 18.4. The Hall–Kier alpha value is -4.75. The minimum Gasteiger partial charge on any atom is -0.369 e. The summed E-state index contributed by atoms with van der Waals surface area (Å²) in [6.07, 6.45) is -13.6. The molecule has 2 heterocycles. The van der Waals surface area contributed by atoms with Crippen molar-refractivity contribution in [1.82, 2.24) is 10.3 Å². The van der Waals surface area contributed by atoms with Gasteiger partial charge >= 0.3 is 12.4 Å². The van der Waals surface area contributed by atoms with Crippen LogP contribution in [-0.2, 0) is 14.4 Å². The molecule has 0 aliphatic carbocycles. The van der Waals surface area contributed by atoms with Crippen LogP contribution in [-0.4, -0.2) is 46.9 Å². The van der Waals surface area contributed by atoms with Gasteiger partial charge in [-0.15, -0.1) is 0 Å². The molecule has 0 spiro atoms. The van der Waals surface area contributed by atoms with E-state index in [9.17, 15) is 40.7 Å². The normalized spacial score (nSPS) is 16.8. The molecule has 232 valence electrons. The minimum absolute atomic E-state index is 0.251. The van der Waals surface area contributed by atoms with Crippen LogP contribution in [0.3, 0.4) is 0 Å². The molecular weight excluding hydrogens is 592 g/mol. The summed E-state index contributed by atoms with van der Waals surface area (Å²) in [6.45, 7) is 0. The fraction of sp³-hybridized carbons (Fsp3) is 0.300. The Bertz CT molecular complexity index is 1510. The summed E-state index contributed by atoms with van der Waals surface area (Å²) in [4.78, 5) is 49.7. The number of aliphatic imine (C=N–C) groups is 1. The number of carbonyl (C=O) groups is 3. The molecule has 0 fully saturated rings. The van der Waals surface area contributed by atoms with Gasteiger partial charge in [0.1, 0.15) is 0 Å². The van der Waals surface area contributed by atoms with E-state index >= 15 is 0 Å². The van der Waals surface area contributed by atoms with Crippen molar-refractivity contribution in [1.29, 1.82) is 0 Å². The molecule has 1 aliphatic rings. The molecule has 3 amide bonds. The predicted octanol–water partition coefficient (Wildman–Crippen LogP) is 5.44. The topological polar surface area (TPSA) is 118 Å². The maximum absolute atomic E-state index is 14.1. The quantitative estimate of drug-likeness (QED) is 0.294. The first kappa shape index (κ1) is 32.2. The van der Waals surface area contributed by atoms with Gasteiger partial charge in [0, 0.05) is 42.0 Å². The number of hydrogen-bond acceptors (Lipinski definition) is 5. The molecular formula is C30H27F6N5O3. The molecule has 4 rings (SSSR count). The number of anilines is 2. The van der Waals surface area contributed by atoms with E-state index in [1.165, 1.54) is 17.3 Å². The Kier molecular flexibility index (Phi) is 9.70. The molecule has 0 unspecified atom stereocenters. The first-order valence-electron chi connectivity index (χ1n) is 13.4. The van der Waals surface area contributed by atoms with E-state index in [-0.39, 0.29) is 11.4 Å². The third-order valence-corrected chi connectivity index (χ3v) is 7.01. The molecule has 3 aromatic rings. The van der Waals surface area contributed by atoms with Crippen molar-refractivity contribution in [3.05, 3.63) is 90.3 Å². The van der Waals surface area contributed by atoms with Gasteiger partial charge in [-0.25, -0.2) is 4.99 Å². The van der Waals surface area contributed by atoms with Crippen LogP contribution in [0.1, 0.15) is 36.8 Å². The summed E-state index contributed by atoms with van der Waals surface area (Å²) in [5.41, 5.74) is 7.21. The first-order chi connectivity index (χ1) is 20.7. The van der Waals surface area contributed by atoms with Crippen LogP contribution in [0.25, 0.3) is 0 Å². The number of hydrogen-bond donors (Lipinski definition) is 2. The summed E-state index contributed by atoms with van der Waals surface area (Å²) in [5.74, 6) is -7.31. The molecule has 44 heavy (non-hydrogen) atoms. The van der Waals surface area contributed by atoms with E-state index in [0.29, 0.717) is 16.8 Å². The zero-order valence-corrected chi connectivity index (χ0v) is 23.0. The number of para-hydroxylation sites is 1. The number of nitrogens with zero attached hydrogens (tertiary/aromatic N) is 3. The number of alkyl halides is 6. The molecule has 0 radical (unpaired) electrons. The highest BCUT2D eigenvalue weighted by Crippen LogP contribution is 2.35. The highest BCUT2D eigenvalue weighted by molar-refractivity contribution is 6.21. The molecule has 3 N–H and O–H groups in total. The van der Waals surface area contributed by atoms with E-state index < -0.39 is 73.8 Å². The van der Waals surface area contributed by atoms with E-state index in [1.54, 1.807) is 66.7 Å². The molecule has 0 saturated carbocycles. The number of benzodiazepines with no additional fused rings is 1. The second-order valence-electron chi connectivity index (χ2n) is 10.1. The van der Waals surface area contributed by atoms with Crippen molar-refractivity contribution in [3.8, 4) is 0 Å². The Morgan fingerprint density at radius 1 is 0.864 bits per heavy atom. The molecule has 0 saturated heterocycles. The predicted molar refractivity (Wildman–Crippen MR) is 149 cm³/mol. The molecule has 3 atom stereocenters. The number of fused-ring (bicyclic) bond motifs is 1. The van der Waals surface area contributed by atoms with Gasteiger partial charge in [0.25, 0.3) is 5.91 Å². The number of halogens is 6. The zero-order chi connectivity index (χ0) is 32.1. The SMILES string of the molecule is NC(=O)[C@@H](CCC(F)(F)F)[C@@H](CCC(F)(F)F)C(=O)N[C@H]1N=C(c2ccccc2)c2ccccc2N(c2cccnc2)C1=O. The highest BCUT2D eigenvalue weighted by atomic mass is 19.4. The minimum atomic E-state index is -4.79. The molecule has 8 nitrogen and oxygen atoms in total. The van der Waals surface area contributed by atoms with Crippen molar-refractivity contribution < 1.29 is 40.7 Å². The Morgan fingerprint density at radius 2 is 1.48 bits per heavy atom. The van der Waals surface area contributed by atoms with Gasteiger partial charge in [0.2, 0.25) is 18.0 Å². The number of aromatic nitrogens is 1. The largest absolute Gasteiger partial charge is 0.389 e. The van der Waals surface area contributed by atoms with E-state index in [1.807, 2.05) is 0 Å². The number of nitrogens with two attached hydrogens (primary N) is 1. The van der Waals surface area contributed by atoms with Gasteiger partial charge in [0.15, 0.2) is 0 Å². The lowest BCUT2D eigenvalue weighted by Gasteiger charge is -2.28. The lowest BCUT2D eigenvalue weighted by molar-refractivity contribution is -0.152. The fourth-order valence-corrected chi connectivity index (χ4v) is 4.97. The van der Waals surface area contributed by atoms with Gasteiger partial charge in [-0.1, -0.05) is 48.5 Å². The average molecular weight is 620 g/mol.